The van der Waals surface area contributed by atoms with Crippen LogP contribution in [0, 0.1) is 10.1 Å². The molecule has 3 heterocycles. The topological polar surface area (TPSA) is 133 Å². The maximum absolute atomic E-state index is 12.7. The van der Waals surface area contributed by atoms with Crippen LogP contribution in [-0.2, 0) is 7.05 Å². The highest BCUT2D eigenvalue weighted by atomic mass is 35.5. The highest BCUT2D eigenvalue weighted by Crippen LogP contribution is 2.26. The molecule has 0 atom stereocenters. The molecule has 4 rings (SSSR count). The molecule has 0 saturated carbocycles. The van der Waals surface area contributed by atoms with Crippen molar-refractivity contribution in [3.8, 4) is 5.69 Å². The average molecular weight is 433 g/mol. The van der Waals surface area contributed by atoms with Crippen LogP contribution in [0.4, 0.5) is 11.6 Å². The average Bonchev–Trinajstić information content (AvgIpc) is 3.38. The molecule has 30 heavy (non-hydrogen) atoms. The monoisotopic (exact) mass is 432 g/mol. The molecule has 1 aromatic carbocycles. The minimum atomic E-state index is -0.524. The highest BCUT2D eigenvalue weighted by molar-refractivity contribution is 6.04. The third-order valence-corrected chi connectivity index (χ3v) is 4.93. The summed E-state index contributed by atoms with van der Waals surface area (Å²) < 4.78 is 3.04. The van der Waals surface area contributed by atoms with Crippen LogP contribution in [0.5, 0.6) is 0 Å². The number of halogens is 1. The fourth-order valence-electron chi connectivity index (χ4n) is 3.37. The molecule has 2 N–H and O–H groups in total. The second kappa shape index (κ2) is 9.01. The Morgan fingerprint density at radius 1 is 1.33 bits per heavy atom. The maximum Gasteiger partial charge on any atom is 0.294 e. The Kier molecular flexibility index (Phi) is 6.43. The third kappa shape index (κ3) is 4.31. The number of nitro benzene ring substituents is 1. The summed E-state index contributed by atoms with van der Waals surface area (Å²) in [7, 11) is 1.71. The lowest BCUT2D eigenvalue weighted by Gasteiger charge is -2.19. The van der Waals surface area contributed by atoms with Crippen LogP contribution < -0.4 is 10.6 Å². The molecule has 3 aromatic rings. The van der Waals surface area contributed by atoms with Crippen molar-refractivity contribution < 1.29 is 9.72 Å². The van der Waals surface area contributed by atoms with Crippen molar-refractivity contribution in [1.82, 2.24) is 29.6 Å². The lowest BCUT2D eigenvalue weighted by Crippen LogP contribution is -2.27. The Hall–Kier alpha value is -3.31. The van der Waals surface area contributed by atoms with E-state index in [1.165, 1.54) is 40.0 Å². The number of hydrogen-bond acceptors (Lipinski definition) is 7. The standard InChI is InChI=1S/C18H20N8O3.ClH/c1-24-18(21-16(23-24)12-4-6-19-7-5-12)22-17(27)13-2-3-14(15(10-13)26(28)29)25-9-8-20-11-25;/h2-3,8-12,19H,4-7H2,1H3,(H,21,22,23,27);1H. The SMILES string of the molecule is Cl.Cn1nc(C2CCNCC2)nc1NC(=O)c1ccc(-n2ccnc2)c([N+](=O)[O-])c1. The molecule has 12 heteroatoms. The van der Waals surface area contributed by atoms with Gasteiger partial charge in [0.15, 0.2) is 5.82 Å². The molecule has 0 spiro atoms. The number of nitro groups is 1. The van der Waals surface area contributed by atoms with E-state index >= 15 is 0 Å². The number of aryl methyl sites for hydroxylation is 1. The molecule has 1 amide bonds. The minimum absolute atomic E-state index is 0. The fraction of sp³-hybridized carbons (Fsp3) is 0.333. The molecule has 1 aliphatic rings. The second-order valence-corrected chi connectivity index (χ2v) is 6.83. The Bertz CT molecular complexity index is 1040. The zero-order valence-corrected chi connectivity index (χ0v) is 17.0. The lowest BCUT2D eigenvalue weighted by molar-refractivity contribution is -0.384. The number of carbonyl (C=O) groups excluding carboxylic acids is 1. The molecule has 1 saturated heterocycles. The summed E-state index contributed by atoms with van der Waals surface area (Å²) in [4.78, 5) is 32.0. The van der Waals surface area contributed by atoms with E-state index in [0.29, 0.717) is 17.5 Å². The van der Waals surface area contributed by atoms with Crippen molar-refractivity contribution in [2.24, 2.45) is 7.05 Å². The van der Waals surface area contributed by atoms with Gasteiger partial charge in [0.25, 0.3) is 11.6 Å². The van der Waals surface area contributed by atoms with E-state index < -0.39 is 10.8 Å². The normalized spacial score (nSPS) is 14.2. The molecular weight excluding hydrogens is 412 g/mol. The lowest BCUT2D eigenvalue weighted by atomic mass is 9.98. The van der Waals surface area contributed by atoms with E-state index in [0.717, 1.165) is 25.9 Å². The number of anilines is 1. The van der Waals surface area contributed by atoms with Gasteiger partial charge in [0, 0.05) is 37.0 Å². The second-order valence-electron chi connectivity index (χ2n) is 6.83. The van der Waals surface area contributed by atoms with Crippen molar-refractivity contribution in [2.75, 3.05) is 18.4 Å². The number of imidazole rings is 1. The van der Waals surface area contributed by atoms with Gasteiger partial charge >= 0.3 is 0 Å². The van der Waals surface area contributed by atoms with Crippen molar-refractivity contribution in [3.63, 3.8) is 0 Å². The van der Waals surface area contributed by atoms with Crippen LogP contribution >= 0.6 is 12.4 Å². The predicted octanol–water partition coefficient (Wildman–Crippen LogP) is 2.05. The van der Waals surface area contributed by atoms with Gasteiger partial charge in [0.2, 0.25) is 5.95 Å². The summed E-state index contributed by atoms with van der Waals surface area (Å²) in [5, 5.41) is 21.9. The van der Waals surface area contributed by atoms with Crippen LogP contribution in [0.1, 0.15) is 34.9 Å². The van der Waals surface area contributed by atoms with Gasteiger partial charge in [0.05, 0.1) is 11.3 Å². The number of amides is 1. The summed E-state index contributed by atoms with van der Waals surface area (Å²) in [5.74, 6) is 0.775. The molecule has 0 radical (unpaired) electrons. The van der Waals surface area contributed by atoms with Crippen LogP contribution in [0.2, 0.25) is 0 Å². The van der Waals surface area contributed by atoms with Crippen molar-refractivity contribution in [2.45, 2.75) is 18.8 Å². The molecule has 0 aliphatic carbocycles. The van der Waals surface area contributed by atoms with Crippen molar-refractivity contribution >= 4 is 29.9 Å². The first kappa shape index (κ1) is 21.4. The Morgan fingerprint density at radius 2 is 2.10 bits per heavy atom. The van der Waals surface area contributed by atoms with Crippen LogP contribution in [-0.4, -0.2) is 48.2 Å². The first-order valence-corrected chi connectivity index (χ1v) is 9.22. The number of hydrogen-bond donors (Lipinski definition) is 2. The maximum atomic E-state index is 12.7. The van der Waals surface area contributed by atoms with E-state index in [2.05, 4.69) is 25.7 Å². The molecule has 1 aliphatic heterocycles. The number of nitrogens with one attached hydrogen (secondary N) is 2. The molecular formula is C18H21ClN8O3. The molecule has 2 aromatic heterocycles. The summed E-state index contributed by atoms with van der Waals surface area (Å²) in [5.41, 5.74) is 0.298. The smallest absolute Gasteiger partial charge is 0.294 e. The largest absolute Gasteiger partial charge is 0.317 e. The van der Waals surface area contributed by atoms with Gasteiger partial charge in [0.1, 0.15) is 5.69 Å². The number of piperidine rings is 1. The van der Waals surface area contributed by atoms with Gasteiger partial charge in [-0.25, -0.2) is 9.67 Å². The van der Waals surface area contributed by atoms with E-state index in [1.807, 2.05) is 0 Å². The zero-order valence-electron chi connectivity index (χ0n) is 16.2. The van der Waals surface area contributed by atoms with Crippen LogP contribution in [0.15, 0.2) is 36.9 Å². The van der Waals surface area contributed by atoms with E-state index in [1.54, 1.807) is 13.2 Å². The van der Waals surface area contributed by atoms with Gasteiger partial charge < -0.3 is 9.88 Å². The molecule has 1 fully saturated rings. The molecule has 0 bridgehead atoms. The van der Waals surface area contributed by atoms with Gasteiger partial charge in [-0.3, -0.25) is 20.2 Å². The number of nitrogens with zero attached hydrogens (tertiary/aromatic N) is 6. The van der Waals surface area contributed by atoms with E-state index in [-0.39, 0.29) is 29.6 Å². The fourth-order valence-corrected chi connectivity index (χ4v) is 3.37. The Morgan fingerprint density at radius 3 is 2.77 bits per heavy atom. The summed E-state index contributed by atoms with van der Waals surface area (Å²) in [6, 6.07) is 4.29. The Balaban J connectivity index is 0.00000256. The van der Waals surface area contributed by atoms with E-state index in [9.17, 15) is 14.9 Å². The summed E-state index contributed by atoms with van der Waals surface area (Å²) >= 11 is 0. The summed E-state index contributed by atoms with van der Waals surface area (Å²) in [6.45, 7) is 1.83. The van der Waals surface area contributed by atoms with Crippen LogP contribution in [0.25, 0.3) is 5.69 Å². The number of aromatic nitrogens is 5. The number of benzene rings is 1. The van der Waals surface area contributed by atoms with Crippen LogP contribution in [0.3, 0.4) is 0 Å². The zero-order chi connectivity index (χ0) is 20.4. The highest BCUT2D eigenvalue weighted by Gasteiger charge is 2.23. The number of rotatable bonds is 5. The molecule has 158 valence electrons. The first-order chi connectivity index (χ1) is 14.0. The summed E-state index contributed by atoms with van der Waals surface area (Å²) in [6.07, 6.45) is 6.48. The van der Waals surface area contributed by atoms with Gasteiger partial charge in [-0.15, -0.1) is 12.4 Å². The van der Waals surface area contributed by atoms with Crippen molar-refractivity contribution in [1.29, 1.82) is 0 Å². The Labute approximate surface area is 178 Å². The first-order valence-electron chi connectivity index (χ1n) is 9.22. The van der Waals surface area contributed by atoms with E-state index in [4.69, 9.17) is 0 Å². The molecule has 0 unspecified atom stereocenters. The third-order valence-electron chi connectivity index (χ3n) is 4.93. The van der Waals surface area contributed by atoms with Gasteiger partial charge in [-0.1, -0.05) is 0 Å². The molecule has 11 nitrogen and oxygen atoms in total. The van der Waals surface area contributed by atoms with Gasteiger partial charge in [-0.05, 0) is 38.1 Å². The van der Waals surface area contributed by atoms with Crippen molar-refractivity contribution in [3.05, 3.63) is 58.4 Å². The van der Waals surface area contributed by atoms with Gasteiger partial charge in [-0.2, -0.15) is 10.1 Å². The minimum Gasteiger partial charge on any atom is -0.317 e. The predicted molar refractivity (Wildman–Crippen MR) is 111 cm³/mol. The quantitative estimate of drug-likeness (QED) is 0.465. The number of carbonyl (C=O) groups is 1.